The van der Waals surface area contributed by atoms with Crippen LogP contribution >= 0.6 is 0 Å². The Morgan fingerprint density at radius 2 is 0.776 bits per heavy atom. The van der Waals surface area contributed by atoms with Crippen molar-refractivity contribution in [3.05, 3.63) is 197 Å². The van der Waals surface area contributed by atoms with Crippen molar-refractivity contribution in [2.75, 3.05) is 158 Å². The van der Waals surface area contributed by atoms with Gasteiger partial charge in [0.1, 0.15) is 34.8 Å². The van der Waals surface area contributed by atoms with Crippen molar-refractivity contribution >= 4 is 63.6 Å². The molecular formula is C97H100N32O5. The summed E-state index contributed by atoms with van der Waals surface area (Å²) in [6.45, 7) is 17.5. The number of benzene rings is 5. The van der Waals surface area contributed by atoms with E-state index in [1.54, 1.807) is 62.4 Å². The molecule has 5 saturated carbocycles. The minimum Gasteiger partial charge on any atom is -0.426 e. The molecule has 0 spiro atoms. The van der Waals surface area contributed by atoms with Gasteiger partial charge in [0, 0.05) is 206 Å². The van der Waals surface area contributed by atoms with Crippen molar-refractivity contribution in [3.63, 3.8) is 0 Å². The molecular weight excluding hydrogens is 1690 g/mol. The van der Waals surface area contributed by atoms with Crippen LogP contribution in [0.3, 0.4) is 0 Å². The fourth-order valence-electron chi connectivity index (χ4n) is 21.4. The van der Waals surface area contributed by atoms with Gasteiger partial charge in [0.05, 0.1) is 80.6 Å². The number of pyridine rings is 1. The number of rotatable bonds is 20. The number of aryl methyl sites for hydroxylation is 1. The molecule has 8 aromatic heterocycles. The zero-order valence-electron chi connectivity index (χ0n) is 74.6. The number of hydrogen-bond acceptors (Lipinski definition) is 35. The van der Waals surface area contributed by atoms with E-state index < -0.39 is 0 Å². The van der Waals surface area contributed by atoms with Crippen molar-refractivity contribution in [2.24, 2.45) is 77.3 Å². The van der Waals surface area contributed by atoms with Crippen molar-refractivity contribution in [2.45, 2.75) is 68.7 Å². The van der Waals surface area contributed by atoms with Gasteiger partial charge in [0.2, 0.25) is 17.7 Å². The zero-order chi connectivity index (χ0) is 90.4. The SMILES string of the molecule is CNc1cccc2c1Cc1nc(Oc3cnc(N4CCOCC4)nc3)nc(N3CC4C(N)C4C3)c1-2.CNc1cccc2c1Cc1nc(Oc3cnc(NC4CC4)nc3)nc(N3CC4C(N)C4C3)c1-2.CNc1cccc2c1Cc1nc(Oc3cncc(-c4nnn(C)n4)c3)nc(N3CC4C(N)C4C3)c1-2.[C-]#[N+]c1cccc(Oc2nc3c(c(N4CC5C(N)C5C4)n2)-c2cccc(NC)c2C3)c1. The van der Waals surface area contributed by atoms with E-state index in [-0.39, 0.29) is 0 Å². The van der Waals surface area contributed by atoms with E-state index in [4.69, 9.17) is 93.1 Å². The van der Waals surface area contributed by atoms with Gasteiger partial charge >= 0.3 is 24.0 Å². The summed E-state index contributed by atoms with van der Waals surface area (Å²) in [5, 5.41) is 28.7. The smallest absolute Gasteiger partial charge is 0.324 e. The molecule has 13 N–H and O–H groups in total. The normalized spacial score (nSPS) is 23.0. The van der Waals surface area contributed by atoms with Crippen LogP contribution in [0.15, 0.2) is 140 Å². The summed E-state index contributed by atoms with van der Waals surface area (Å²) < 4.78 is 29.8. The molecule has 37 heteroatoms. The number of nitrogens with zero attached hydrogens (tertiary/aromatic N) is 23. The molecule has 10 fully saturated rings. The topological polar surface area (TPSA) is 442 Å². The monoisotopic (exact) mass is 1790 g/mol. The zero-order valence-corrected chi connectivity index (χ0v) is 74.6. The Kier molecular flexibility index (Phi) is 20.4. The fourth-order valence-corrected chi connectivity index (χ4v) is 21.4. The van der Waals surface area contributed by atoms with Gasteiger partial charge < -0.3 is 97.7 Å². The van der Waals surface area contributed by atoms with Crippen LogP contribution < -0.4 is 93.0 Å². The maximum absolute atomic E-state index is 7.24. The molecule has 678 valence electrons. The average molecular weight is 1790 g/mol. The second-order valence-corrected chi connectivity index (χ2v) is 36.9. The lowest BCUT2D eigenvalue weighted by Crippen LogP contribution is -2.37. The minimum atomic E-state index is 0.300. The third kappa shape index (κ3) is 15.2. The summed E-state index contributed by atoms with van der Waals surface area (Å²) in [5.74, 6) is 12.0. The van der Waals surface area contributed by atoms with Gasteiger partial charge in [-0.1, -0.05) is 60.7 Å². The standard InChI is InChI=1S/C25H28N8O2.C24H24N10O.C24H26N8O.C24H22N6O/c1-27-19-4-2-3-15-16(19)9-20-21(15)23(33-12-17-18(13-33)22(17)26)31-25(30-20)35-14-10-28-24(29-11-14)32-5-7-34-8-6-32;1-26-18-5-3-4-14-15(18)7-19-20(14)23(34-10-16-17(11-34)21(16)25)29-24(28-19)35-13-6-12(8-27-9-13)22-30-32-33(2)31-22;1-26-18-4-2-3-14-15(18)7-19-20(14)22(32-10-16-17(11-32)21(16)25)31-24(30-19)33-13-8-27-23(28-9-13)29-12-5-6-12;1-26-13-5-3-6-14(9-13)31-24-28-20-10-16-15(7-4-8-19(16)27-2)21(20)23(29-24)30-11-17-18(12-30)22(17)25/h2-4,10-11,17-18,22,27H,5-9,12-13,26H2,1H3;3-6,8-9,16-17,21,26H,7,10-11,25H2,1-2H3;2-4,8-9,12,16-17,21,26H,5-7,10-11,25H2,1H3,(H,27,28,29);3-9,17-18,22,27H,10-12,25H2,2H3. The molecule has 9 aliphatic carbocycles. The Labute approximate surface area is 771 Å². The van der Waals surface area contributed by atoms with Gasteiger partial charge in [-0.25, -0.2) is 24.8 Å². The number of aromatic nitrogens is 17. The van der Waals surface area contributed by atoms with Crippen LogP contribution in [0.4, 0.5) is 63.6 Å². The quantitative estimate of drug-likeness (QED) is 0.0320. The molecule has 37 nitrogen and oxygen atoms in total. The van der Waals surface area contributed by atoms with Crippen LogP contribution in [0.1, 0.15) is 57.9 Å². The molecule has 8 atom stereocenters. The van der Waals surface area contributed by atoms with E-state index in [2.05, 4.69) is 169 Å². The van der Waals surface area contributed by atoms with Gasteiger partial charge in [-0.05, 0) is 152 Å². The van der Waals surface area contributed by atoms with Crippen LogP contribution in [-0.4, -0.2) is 222 Å². The van der Waals surface area contributed by atoms with E-state index in [9.17, 15) is 0 Å². The summed E-state index contributed by atoms with van der Waals surface area (Å²) in [5.41, 5.74) is 48.6. The molecule has 5 saturated heterocycles. The molecule has 5 aromatic carbocycles. The highest BCUT2D eigenvalue weighted by molar-refractivity contribution is 5.92. The van der Waals surface area contributed by atoms with E-state index >= 15 is 0 Å². The molecule has 0 bridgehead atoms. The first-order valence-electron chi connectivity index (χ1n) is 46.1. The van der Waals surface area contributed by atoms with E-state index in [0.717, 1.165) is 182 Å². The number of nitrogens with two attached hydrogens (primary N) is 4. The van der Waals surface area contributed by atoms with E-state index in [0.29, 0.717) is 167 Å². The van der Waals surface area contributed by atoms with Crippen LogP contribution in [0.25, 0.3) is 60.7 Å². The van der Waals surface area contributed by atoms with Crippen LogP contribution in [0, 0.1) is 53.9 Å². The number of hydrogen-bond donors (Lipinski definition) is 9. The molecule has 13 aromatic rings. The molecule has 8 unspecified atom stereocenters. The van der Waals surface area contributed by atoms with E-state index in [1.165, 1.54) is 62.1 Å². The first kappa shape index (κ1) is 82.4. The van der Waals surface area contributed by atoms with Crippen molar-refractivity contribution in [3.8, 4) is 103 Å². The number of tetrazole rings is 1. The summed E-state index contributed by atoms with van der Waals surface area (Å²) in [7, 11) is 9.52. The molecule has 134 heavy (non-hydrogen) atoms. The lowest BCUT2D eigenvalue weighted by Gasteiger charge is -2.26. The van der Waals surface area contributed by atoms with Gasteiger partial charge in [0.25, 0.3) is 0 Å². The largest absolute Gasteiger partial charge is 0.426 e. The Bertz CT molecular complexity index is 6800. The van der Waals surface area contributed by atoms with Crippen molar-refractivity contribution in [1.29, 1.82) is 0 Å². The molecule has 14 aliphatic rings. The number of fused-ring (bicyclic) bond motifs is 16. The molecule has 5 aliphatic heterocycles. The third-order valence-corrected chi connectivity index (χ3v) is 29.0. The van der Waals surface area contributed by atoms with E-state index in [1.807, 2.05) is 40.3 Å². The van der Waals surface area contributed by atoms with Crippen molar-refractivity contribution < 1.29 is 23.7 Å². The van der Waals surface area contributed by atoms with Gasteiger partial charge in [0.15, 0.2) is 17.2 Å². The first-order valence-corrected chi connectivity index (χ1v) is 46.1. The Morgan fingerprint density at radius 1 is 0.410 bits per heavy atom. The summed E-state index contributed by atoms with van der Waals surface area (Å²) in [6.07, 6.45) is 15.3. The number of nitrogens with one attached hydrogen (secondary N) is 5. The number of morpholine rings is 1. The van der Waals surface area contributed by atoms with Crippen LogP contribution in [0.2, 0.25) is 0 Å². The highest BCUT2D eigenvalue weighted by atomic mass is 16.5. The molecule has 0 radical (unpaired) electrons. The lowest BCUT2D eigenvalue weighted by atomic mass is 10.1. The Balaban J connectivity index is 0.0000000982. The summed E-state index contributed by atoms with van der Waals surface area (Å²) in [4.78, 5) is 77.3. The van der Waals surface area contributed by atoms with Crippen molar-refractivity contribution in [1.82, 2.24) is 85.0 Å². The predicted molar refractivity (Wildman–Crippen MR) is 507 cm³/mol. The number of ether oxygens (including phenoxy) is 5. The Morgan fingerprint density at radius 3 is 1.13 bits per heavy atom. The fraction of sp³-hybridized carbons (Fsp3) is 0.371. The number of anilines is 10. The average Bonchev–Trinajstić information content (AvgIpc) is 1.58. The summed E-state index contributed by atoms with van der Waals surface area (Å²) in [6, 6.07) is 37.3. The Hall–Kier alpha value is -14.7. The minimum absolute atomic E-state index is 0.300. The highest BCUT2D eigenvalue weighted by Gasteiger charge is 2.58. The summed E-state index contributed by atoms with van der Waals surface area (Å²) >= 11 is 0. The van der Waals surface area contributed by atoms with Crippen LogP contribution in [-0.2, 0) is 37.5 Å². The maximum atomic E-state index is 7.24. The predicted octanol–water partition coefficient (Wildman–Crippen LogP) is 10.2. The lowest BCUT2D eigenvalue weighted by molar-refractivity contribution is 0.122. The van der Waals surface area contributed by atoms with Gasteiger partial charge in [-0.3, -0.25) is 4.98 Å². The second kappa shape index (κ2) is 33.2. The highest BCUT2D eigenvalue weighted by Crippen LogP contribution is 2.56. The molecule has 0 amide bonds. The molecule has 27 rings (SSSR count). The third-order valence-electron chi connectivity index (χ3n) is 29.0. The second-order valence-electron chi connectivity index (χ2n) is 36.9. The van der Waals surface area contributed by atoms with Gasteiger partial charge in [-0.2, -0.15) is 44.7 Å². The van der Waals surface area contributed by atoms with Crippen LogP contribution in [0.5, 0.6) is 47.0 Å². The first-order chi connectivity index (χ1) is 65.6. The maximum Gasteiger partial charge on any atom is 0.324 e. The van der Waals surface area contributed by atoms with Gasteiger partial charge in [-0.15, -0.1) is 10.2 Å². The molecule has 13 heterocycles. The number of piperidine rings is 4.